The Labute approximate surface area is 55.9 Å². The van der Waals surface area contributed by atoms with Gasteiger partial charge in [-0.05, 0) is 33.5 Å². The molecule has 0 saturated carbocycles. The molecule has 0 aromatic carbocycles. The molecule has 3 nitrogen and oxygen atoms in total. The summed E-state index contributed by atoms with van der Waals surface area (Å²) in [5.74, 6) is 0. The first-order chi connectivity index (χ1) is 4.29. The Balaban J connectivity index is 1.81. The van der Waals surface area contributed by atoms with Crippen molar-refractivity contribution in [3.63, 3.8) is 0 Å². The zero-order valence-corrected chi connectivity index (χ0v) is 6.05. The summed E-state index contributed by atoms with van der Waals surface area (Å²) in [4.78, 5) is 7.00. The SMILES string of the molecule is CN(C)CCCC1NO1. The number of nitrogens with zero attached hydrogens (tertiary/aromatic N) is 1. The van der Waals surface area contributed by atoms with Gasteiger partial charge < -0.3 is 4.90 Å². The van der Waals surface area contributed by atoms with Crippen LogP contribution in [0.1, 0.15) is 12.8 Å². The first-order valence-corrected chi connectivity index (χ1v) is 3.35. The third kappa shape index (κ3) is 3.46. The second-order valence-corrected chi connectivity index (χ2v) is 2.67. The predicted molar refractivity (Wildman–Crippen MR) is 35.8 cm³/mol. The Kier molecular flexibility index (Phi) is 2.45. The van der Waals surface area contributed by atoms with Gasteiger partial charge in [-0.1, -0.05) is 0 Å². The van der Waals surface area contributed by atoms with Crippen LogP contribution in [0, 0.1) is 0 Å². The molecule has 1 aliphatic rings. The quantitative estimate of drug-likeness (QED) is 0.552. The van der Waals surface area contributed by atoms with Crippen molar-refractivity contribution < 1.29 is 4.84 Å². The maximum Gasteiger partial charge on any atom is 0.151 e. The molecule has 0 aromatic heterocycles. The molecular formula is C6H14N2O. The average molecular weight is 130 g/mol. The van der Waals surface area contributed by atoms with E-state index in [1.54, 1.807) is 0 Å². The number of nitrogens with one attached hydrogen (secondary N) is 1. The van der Waals surface area contributed by atoms with Gasteiger partial charge in [-0.25, -0.2) is 0 Å². The van der Waals surface area contributed by atoms with Crippen molar-refractivity contribution >= 4 is 0 Å². The van der Waals surface area contributed by atoms with E-state index in [0.29, 0.717) is 6.23 Å². The summed E-state index contributed by atoms with van der Waals surface area (Å²) in [6.07, 6.45) is 2.72. The molecule has 0 amide bonds. The van der Waals surface area contributed by atoms with Crippen LogP contribution in [0.3, 0.4) is 0 Å². The predicted octanol–water partition coefficient (Wildman–Crippen LogP) is 0.189. The van der Waals surface area contributed by atoms with Crippen molar-refractivity contribution in [2.45, 2.75) is 19.1 Å². The van der Waals surface area contributed by atoms with E-state index in [1.165, 1.54) is 6.42 Å². The minimum atomic E-state index is 0.366. The van der Waals surface area contributed by atoms with Gasteiger partial charge >= 0.3 is 0 Å². The molecule has 1 aliphatic heterocycles. The maximum absolute atomic E-state index is 4.82. The molecule has 0 bridgehead atoms. The van der Waals surface area contributed by atoms with Crippen molar-refractivity contribution in [1.29, 1.82) is 0 Å². The van der Waals surface area contributed by atoms with E-state index in [1.807, 2.05) is 0 Å². The van der Waals surface area contributed by atoms with Gasteiger partial charge in [-0.3, -0.25) is 4.84 Å². The summed E-state index contributed by atoms with van der Waals surface area (Å²) in [5.41, 5.74) is 2.79. The van der Waals surface area contributed by atoms with Crippen LogP contribution in [0.4, 0.5) is 0 Å². The average Bonchev–Trinajstić information content (AvgIpc) is 2.48. The van der Waals surface area contributed by atoms with Gasteiger partial charge in [-0.15, -0.1) is 0 Å². The molecule has 0 radical (unpaired) electrons. The number of rotatable bonds is 4. The zero-order chi connectivity index (χ0) is 6.69. The minimum absolute atomic E-state index is 0.366. The highest BCUT2D eigenvalue weighted by Gasteiger charge is 2.20. The molecule has 1 atom stereocenters. The fraction of sp³-hybridized carbons (Fsp3) is 1.00. The normalized spacial score (nSPS) is 25.0. The summed E-state index contributed by atoms with van der Waals surface area (Å²) in [7, 11) is 4.17. The van der Waals surface area contributed by atoms with Crippen molar-refractivity contribution in [3.8, 4) is 0 Å². The monoisotopic (exact) mass is 130 g/mol. The van der Waals surface area contributed by atoms with Gasteiger partial charge in [-0.2, -0.15) is 5.48 Å². The van der Waals surface area contributed by atoms with E-state index in [2.05, 4.69) is 24.5 Å². The summed E-state index contributed by atoms with van der Waals surface area (Å²) in [5, 5.41) is 0. The van der Waals surface area contributed by atoms with Crippen LogP contribution in [0.25, 0.3) is 0 Å². The lowest BCUT2D eigenvalue weighted by molar-refractivity contribution is 0.341. The van der Waals surface area contributed by atoms with Crippen molar-refractivity contribution in [2.24, 2.45) is 0 Å². The highest BCUT2D eigenvalue weighted by Crippen LogP contribution is 2.07. The third-order valence-electron chi connectivity index (χ3n) is 1.36. The summed E-state index contributed by atoms with van der Waals surface area (Å²) in [6, 6.07) is 0. The zero-order valence-electron chi connectivity index (χ0n) is 6.05. The maximum atomic E-state index is 4.82. The molecule has 3 heteroatoms. The van der Waals surface area contributed by atoms with Crippen LogP contribution < -0.4 is 5.48 Å². The highest BCUT2D eigenvalue weighted by molar-refractivity contribution is 4.58. The van der Waals surface area contributed by atoms with Gasteiger partial charge in [0, 0.05) is 0 Å². The summed E-state index contributed by atoms with van der Waals surface area (Å²) >= 11 is 0. The highest BCUT2D eigenvalue weighted by atomic mass is 16.8. The second kappa shape index (κ2) is 3.15. The second-order valence-electron chi connectivity index (χ2n) is 2.67. The molecule has 9 heavy (non-hydrogen) atoms. The summed E-state index contributed by atoms with van der Waals surface area (Å²) < 4.78 is 0. The van der Waals surface area contributed by atoms with E-state index in [0.717, 1.165) is 13.0 Å². The van der Waals surface area contributed by atoms with E-state index in [4.69, 9.17) is 4.84 Å². The standard InChI is InChI=1S/C6H14N2O/c1-8(2)5-3-4-6-7-9-6/h6-7H,3-5H2,1-2H3. The Morgan fingerprint density at radius 1 is 1.56 bits per heavy atom. The molecule has 0 aromatic rings. The Morgan fingerprint density at radius 2 is 2.22 bits per heavy atom. The van der Waals surface area contributed by atoms with E-state index >= 15 is 0 Å². The first kappa shape index (κ1) is 6.99. The Morgan fingerprint density at radius 3 is 2.67 bits per heavy atom. The molecule has 54 valence electrons. The van der Waals surface area contributed by atoms with Gasteiger partial charge in [0.1, 0.15) is 0 Å². The van der Waals surface area contributed by atoms with E-state index in [9.17, 15) is 0 Å². The van der Waals surface area contributed by atoms with Crippen molar-refractivity contribution in [2.75, 3.05) is 20.6 Å². The van der Waals surface area contributed by atoms with Gasteiger partial charge in [0.25, 0.3) is 0 Å². The van der Waals surface area contributed by atoms with Crippen molar-refractivity contribution in [1.82, 2.24) is 10.4 Å². The van der Waals surface area contributed by atoms with Crippen LogP contribution in [0.15, 0.2) is 0 Å². The summed E-state index contributed by atoms with van der Waals surface area (Å²) in [6.45, 7) is 1.15. The molecule has 1 rings (SSSR count). The number of hydrogen-bond acceptors (Lipinski definition) is 3. The molecule has 1 fully saturated rings. The van der Waals surface area contributed by atoms with Crippen LogP contribution in [0.5, 0.6) is 0 Å². The van der Waals surface area contributed by atoms with Crippen LogP contribution in [-0.2, 0) is 4.84 Å². The number of hydrogen-bond donors (Lipinski definition) is 1. The largest absolute Gasteiger partial charge is 0.309 e. The lowest BCUT2D eigenvalue weighted by atomic mass is 10.3. The van der Waals surface area contributed by atoms with Crippen LogP contribution in [0.2, 0.25) is 0 Å². The molecular weight excluding hydrogens is 116 g/mol. The van der Waals surface area contributed by atoms with Gasteiger partial charge in [0.05, 0.1) is 0 Å². The topological polar surface area (TPSA) is 37.7 Å². The lowest BCUT2D eigenvalue weighted by Gasteiger charge is -2.06. The minimum Gasteiger partial charge on any atom is -0.309 e. The van der Waals surface area contributed by atoms with Crippen LogP contribution >= 0.6 is 0 Å². The molecule has 1 heterocycles. The fourth-order valence-electron chi connectivity index (χ4n) is 0.759. The Bertz CT molecular complexity index is 79.1. The Hall–Kier alpha value is -0.120. The van der Waals surface area contributed by atoms with E-state index in [-0.39, 0.29) is 0 Å². The third-order valence-corrected chi connectivity index (χ3v) is 1.36. The van der Waals surface area contributed by atoms with Crippen molar-refractivity contribution in [3.05, 3.63) is 0 Å². The van der Waals surface area contributed by atoms with Gasteiger partial charge in [0.2, 0.25) is 0 Å². The first-order valence-electron chi connectivity index (χ1n) is 3.35. The number of hydroxylamine groups is 1. The molecule has 1 unspecified atom stereocenters. The lowest BCUT2D eigenvalue weighted by Crippen LogP contribution is -2.13. The molecule has 1 N–H and O–H groups in total. The van der Waals surface area contributed by atoms with E-state index < -0.39 is 0 Å². The molecule has 1 saturated heterocycles. The molecule has 0 aliphatic carbocycles. The molecule has 0 spiro atoms. The van der Waals surface area contributed by atoms with Gasteiger partial charge in [0.15, 0.2) is 6.23 Å². The van der Waals surface area contributed by atoms with Crippen LogP contribution in [-0.4, -0.2) is 31.8 Å². The fourth-order valence-corrected chi connectivity index (χ4v) is 0.759. The smallest absolute Gasteiger partial charge is 0.151 e.